The van der Waals surface area contributed by atoms with Gasteiger partial charge >= 0.3 is 11.9 Å². The second kappa shape index (κ2) is 20.0. The molecule has 0 fully saturated rings. The van der Waals surface area contributed by atoms with Crippen LogP contribution in [-0.4, -0.2) is 23.7 Å². The van der Waals surface area contributed by atoms with Crippen LogP contribution in [0.15, 0.2) is 107 Å². The van der Waals surface area contributed by atoms with E-state index in [0.717, 1.165) is 18.4 Å². The molecular formula is C31H42O4. The third kappa shape index (κ3) is 20.9. The second-order valence-electron chi connectivity index (χ2n) is 8.49. The smallest absolute Gasteiger partial charge is 0.306 e. The highest BCUT2D eigenvalue weighted by atomic mass is 16.5. The third-order valence-electron chi connectivity index (χ3n) is 4.75. The van der Waals surface area contributed by atoms with E-state index in [1.807, 2.05) is 38.2 Å². The molecule has 0 rings (SSSR count). The number of carbonyl (C=O) groups is 2. The van der Waals surface area contributed by atoms with Crippen molar-refractivity contribution in [2.24, 2.45) is 0 Å². The van der Waals surface area contributed by atoms with Crippen LogP contribution in [0.25, 0.3) is 0 Å². The van der Waals surface area contributed by atoms with Gasteiger partial charge in [0.1, 0.15) is 6.61 Å². The van der Waals surface area contributed by atoms with Gasteiger partial charge in [0.05, 0.1) is 12.8 Å². The number of aliphatic carboxylic acids is 1. The molecule has 0 aliphatic heterocycles. The summed E-state index contributed by atoms with van der Waals surface area (Å²) in [6.07, 6.45) is 28.4. The maximum atomic E-state index is 11.5. The number of rotatable bonds is 15. The van der Waals surface area contributed by atoms with Crippen molar-refractivity contribution in [2.45, 2.75) is 67.2 Å². The zero-order valence-corrected chi connectivity index (χ0v) is 22.2. The van der Waals surface area contributed by atoms with E-state index in [0.29, 0.717) is 0 Å². The summed E-state index contributed by atoms with van der Waals surface area (Å²) in [5.41, 5.74) is 5.79. The first kappa shape index (κ1) is 31.6. The van der Waals surface area contributed by atoms with Crippen molar-refractivity contribution in [3.8, 4) is 0 Å². The van der Waals surface area contributed by atoms with Gasteiger partial charge in [-0.1, -0.05) is 101 Å². The molecule has 0 saturated carbocycles. The van der Waals surface area contributed by atoms with Gasteiger partial charge in [0.2, 0.25) is 0 Å². The molecule has 0 amide bonds. The fourth-order valence-electron chi connectivity index (χ4n) is 2.72. The average molecular weight is 479 g/mol. The number of carbonyl (C=O) groups excluding carboxylic acids is 1. The minimum Gasteiger partial charge on any atom is -0.481 e. The van der Waals surface area contributed by atoms with Gasteiger partial charge in [0.25, 0.3) is 0 Å². The first-order valence-corrected chi connectivity index (χ1v) is 12.0. The van der Waals surface area contributed by atoms with Crippen molar-refractivity contribution in [3.05, 3.63) is 107 Å². The summed E-state index contributed by atoms with van der Waals surface area (Å²) < 4.78 is 5.07. The number of esters is 1. The van der Waals surface area contributed by atoms with Crippen LogP contribution < -0.4 is 0 Å². The summed E-state index contributed by atoms with van der Waals surface area (Å²) >= 11 is 0. The quantitative estimate of drug-likeness (QED) is 0.146. The fraction of sp³-hybridized carbons (Fsp3) is 0.355. The maximum Gasteiger partial charge on any atom is 0.306 e. The molecule has 0 heterocycles. The Morgan fingerprint density at radius 1 is 0.686 bits per heavy atom. The number of allylic oxidation sites excluding steroid dienone is 17. The summed E-state index contributed by atoms with van der Waals surface area (Å²) in [5, 5.41) is 8.57. The Labute approximate surface area is 212 Å². The van der Waals surface area contributed by atoms with Crippen LogP contribution >= 0.6 is 0 Å². The van der Waals surface area contributed by atoms with Crippen molar-refractivity contribution in [1.29, 1.82) is 0 Å². The van der Waals surface area contributed by atoms with E-state index in [4.69, 9.17) is 9.84 Å². The lowest BCUT2D eigenvalue weighted by Crippen LogP contribution is -2.08. The molecule has 0 atom stereocenters. The van der Waals surface area contributed by atoms with Gasteiger partial charge in [-0.2, -0.15) is 0 Å². The van der Waals surface area contributed by atoms with Crippen molar-refractivity contribution >= 4 is 11.9 Å². The van der Waals surface area contributed by atoms with Crippen LogP contribution in [-0.2, 0) is 14.3 Å². The Hall–Kier alpha value is -3.40. The molecule has 0 aromatic rings. The summed E-state index contributed by atoms with van der Waals surface area (Å²) in [4.78, 5) is 21.9. The standard InChI is InChI=1S/C31H42O4/c1-7-13-25(2)14-8-9-15-26(3)16-10-17-27(4)18-11-19-28(5)20-12-21-29(6)24-35-31(34)23-22-30(32)33/h7-11,13-19,21H,12,20,22-24H2,1-6H3,(H,32,33). The SMILES string of the molecule is CC=CC(C)=CC=CC=C(C)C=CC=C(C)C=CC=C(C)CCC=C(C)COC(=O)CCC(=O)O. The lowest BCUT2D eigenvalue weighted by Gasteiger charge is -2.04. The van der Waals surface area contributed by atoms with Gasteiger partial charge in [0.15, 0.2) is 0 Å². The van der Waals surface area contributed by atoms with E-state index in [9.17, 15) is 9.59 Å². The number of hydrogen-bond donors (Lipinski definition) is 1. The van der Waals surface area contributed by atoms with E-state index in [-0.39, 0.29) is 19.4 Å². The van der Waals surface area contributed by atoms with Crippen LogP contribution in [0.1, 0.15) is 67.2 Å². The molecule has 0 radical (unpaired) electrons. The minimum atomic E-state index is -0.997. The average Bonchev–Trinajstić information content (AvgIpc) is 2.79. The van der Waals surface area contributed by atoms with Crippen LogP contribution in [0.3, 0.4) is 0 Å². The zero-order valence-electron chi connectivity index (χ0n) is 22.2. The maximum absolute atomic E-state index is 11.5. The van der Waals surface area contributed by atoms with Gasteiger partial charge in [0, 0.05) is 0 Å². The number of carboxylic acid groups (broad SMARTS) is 1. The molecule has 0 saturated heterocycles. The van der Waals surface area contributed by atoms with Gasteiger partial charge in [-0.05, 0) is 60.0 Å². The Kier molecular flexibility index (Phi) is 18.1. The van der Waals surface area contributed by atoms with Gasteiger partial charge in [-0.25, -0.2) is 0 Å². The Bertz CT molecular complexity index is 944. The topological polar surface area (TPSA) is 63.6 Å². The minimum absolute atomic E-state index is 0.0942. The third-order valence-corrected chi connectivity index (χ3v) is 4.75. The summed E-state index contributed by atoms with van der Waals surface area (Å²) in [5.74, 6) is -1.48. The van der Waals surface area contributed by atoms with E-state index < -0.39 is 11.9 Å². The predicted octanol–water partition coefficient (Wildman–Crippen LogP) is 8.15. The first-order chi connectivity index (χ1) is 16.6. The Balaban J connectivity index is 4.47. The molecule has 0 spiro atoms. The van der Waals surface area contributed by atoms with E-state index in [1.165, 1.54) is 22.3 Å². The Morgan fingerprint density at radius 2 is 1.23 bits per heavy atom. The molecule has 4 heteroatoms. The summed E-state index contributed by atoms with van der Waals surface area (Å²) in [6.45, 7) is 12.4. The lowest BCUT2D eigenvalue weighted by molar-refractivity contribution is -0.147. The lowest BCUT2D eigenvalue weighted by atomic mass is 10.1. The van der Waals surface area contributed by atoms with Gasteiger partial charge in [-0.15, -0.1) is 0 Å². The molecule has 4 nitrogen and oxygen atoms in total. The predicted molar refractivity (Wildman–Crippen MR) is 148 cm³/mol. The van der Waals surface area contributed by atoms with Crippen LogP contribution in [0.5, 0.6) is 0 Å². The van der Waals surface area contributed by atoms with Crippen LogP contribution in [0.2, 0.25) is 0 Å². The Morgan fingerprint density at radius 3 is 1.80 bits per heavy atom. The summed E-state index contributed by atoms with van der Waals surface area (Å²) in [7, 11) is 0. The molecule has 0 aliphatic rings. The number of hydrogen-bond acceptors (Lipinski definition) is 3. The van der Waals surface area contributed by atoms with Gasteiger partial charge in [-0.3, -0.25) is 9.59 Å². The highest BCUT2D eigenvalue weighted by Gasteiger charge is 2.06. The number of ether oxygens (including phenoxy) is 1. The second-order valence-corrected chi connectivity index (χ2v) is 8.49. The van der Waals surface area contributed by atoms with Crippen molar-refractivity contribution in [2.75, 3.05) is 6.61 Å². The van der Waals surface area contributed by atoms with Gasteiger partial charge < -0.3 is 9.84 Å². The molecule has 35 heavy (non-hydrogen) atoms. The molecular weight excluding hydrogens is 436 g/mol. The van der Waals surface area contributed by atoms with Crippen molar-refractivity contribution in [1.82, 2.24) is 0 Å². The fourth-order valence-corrected chi connectivity index (χ4v) is 2.72. The number of carboxylic acids is 1. The van der Waals surface area contributed by atoms with Crippen molar-refractivity contribution in [3.63, 3.8) is 0 Å². The van der Waals surface area contributed by atoms with Crippen LogP contribution in [0.4, 0.5) is 0 Å². The molecule has 0 aromatic carbocycles. The largest absolute Gasteiger partial charge is 0.481 e. The molecule has 190 valence electrons. The monoisotopic (exact) mass is 478 g/mol. The molecule has 0 unspecified atom stereocenters. The molecule has 0 aliphatic carbocycles. The van der Waals surface area contributed by atoms with Crippen LogP contribution in [0, 0.1) is 0 Å². The summed E-state index contributed by atoms with van der Waals surface area (Å²) in [6, 6.07) is 0. The highest BCUT2D eigenvalue weighted by Crippen LogP contribution is 2.09. The van der Waals surface area contributed by atoms with Crippen molar-refractivity contribution < 1.29 is 19.4 Å². The molecule has 0 bridgehead atoms. The normalized spacial score (nSPS) is 14.7. The molecule has 1 N–H and O–H groups in total. The van der Waals surface area contributed by atoms with E-state index in [2.05, 4.69) is 82.4 Å². The first-order valence-electron chi connectivity index (χ1n) is 12.0. The van der Waals surface area contributed by atoms with E-state index in [1.54, 1.807) is 0 Å². The highest BCUT2D eigenvalue weighted by molar-refractivity contribution is 5.76. The van der Waals surface area contributed by atoms with E-state index >= 15 is 0 Å². The zero-order chi connectivity index (χ0) is 26.5. The molecule has 0 aromatic heterocycles.